The van der Waals surface area contributed by atoms with Crippen molar-refractivity contribution in [1.29, 1.82) is 0 Å². The van der Waals surface area contributed by atoms with Crippen molar-refractivity contribution in [2.75, 3.05) is 13.7 Å². The third-order valence-corrected chi connectivity index (χ3v) is 11.1. The Morgan fingerprint density at radius 2 is 1.69 bits per heavy atom. The molecule has 2 aromatic carbocycles. The average Bonchev–Trinajstić information content (AvgIpc) is 2.75. The number of hydrogen-bond acceptors (Lipinski definition) is 4. The Morgan fingerprint density at radius 3 is 2.20 bits per heavy atom. The van der Waals surface area contributed by atoms with Gasteiger partial charge >= 0.3 is 0 Å². The highest BCUT2D eigenvalue weighted by Gasteiger charge is 2.38. The van der Waals surface area contributed by atoms with Gasteiger partial charge in [-0.3, -0.25) is 4.79 Å². The maximum absolute atomic E-state index is 14.7. The molecular weight excluding hydrogens is 485 g/mol. The summed E-state index contributed by atoms with van der Waals surface area (Å²) in [6.07, 6.45) is 0. The molecule has 0 aromatic heterocycles. The molecule has 0 heterocycles. The summed E-state index contributed by atoms with van der Waals surface area (Å²) in [5.41, 5.74) is -0.186. The van der Waals surface area contributed by atoms with E-state index in [1.165, 1.54) is 12.1 Å². The summed E-state index contributed by atoms with van der Waals surface area (Å²) < 4.78 is 41.5. The average molecular weight is 525 g/mol. The smallest absolute Gasteiger partial charge is 0.225 e. The zero-order valence-electron chi connectivity index (χ0n) is 23.3. The van der Waals surface area contributed by atoms with E-state index in [1.807, 2.05) is 0 Å². The number of amides is 1. The van der Waals surface area contributed by atoms with Crippen LogP contribution < -0.4 is 14.8 Å². The lowest BCUT2D eigenvalue weighted by atomic mass is 9.93. The molecule has 0 spiro atoms. The molecule has 1 N–H and O–H groups in total. The van der Waals surface area contributed by atoms with Gasteiger partial charge < -0.3 is 19.2 Å². The van der Waals surface area contributed by atoms with Gasteiger partial charge in [0.05, 0.1) is 26.1 Å². The Morgan fingerprint density at radius 1 is 1.11 bits per heavy atom. The lowest BCUT2D eigenvalue weighted by Crippen LogP contribution is -2.45. The van der Waals surface area contributed by atoms with Crippen LogP contribution in [0.2, 0.25) is 23.2 Å². The van der Waals surface area contributed by atoms with Crippen molar-refractivity contribution in [3.8, 4) is 11.5 Å². The molecule has 0 saturated carbocycles. The van der Waals surface area contributed by atoms with Gasteiger partial charge in [-0.1, -0.05) is 53.1 Å². The first-order chi connectivity index (χ1) is 16.4. The van der Waals surface area contributed by atoms with Crippen molar-refractivity contribution in [3.63, 3.8) is 0 Å². The van der Waals surface area contributed by atoms with E-state index < -0.39 is 25.6 Å². The Bertz CT molecular complexity index is 1070. The fourth-order valence-electron chi connectivity index (χ4n) is 2.82. The van der Waals surface area contributed by atoms with E-state index in [0.717, 1.165) is 0 Å². The molecule has 0 aliphatic heterocycles. The highest BCUT2D eigenvalue weighted by molar-refractivity contribution is 6.74. The predicted octanol–water partition coefficient (Wildman–Crippen LogP) is 7.29. The van der Waals surface area contributed by atoms with Gasteiger partial charge in [0, 0.05) is 11.0 Å². The molecule has 35 heavy (non-hydrogen) atoms. The molecule has 0 bridgehead atoms. The Hall–Kier alpha value is -2.09. The molecule has 0 fully saturated rings. The standard InChI is InChI=1S/C27H39ClFNO4Si/c1-26(2,3)25(31)30-24(17-34-35(8,9)27(4,5)6)21-14-18(29)15-23(28)22(21)16-33-20-12-10-19(32-7)11-13-20/h10-15,24H,16-17H2,1-9H3,(H,30,31)/t24-/m0/s1/i24D. The van der Waals surface area contributed by atoms with Gasteiger partial charge in [0.2, 0.25) is 5.91 Å². The van der Waals surface area contributed by atoms with Crippen LogP contribution in [0.15, 0.2) is 36.4 Å². The van der Waals surface area contributed by atoms with E-state index in [4.69, 9.17) is 25.5 Å². The van der Waals surface area contributed by atoms with Crippen LogP contribution in [-0.4, -0.2) is 27.9 Å². The molecule has 0 aliphatic carbocycles. The van der Waals surface area contributed by atoms with E-state index in [1.54, 1.807) is 52.1 Å². The summed E-state index contributed by atoms with van der Waals surface area (Å²) in [5, 5.41) is 2.79. The zero-order valence-corrected chi connectivity index (χ0v) is 24.0. The number of carbonyl (C=O) groups is 1. The third-order valence-electron chi connectivity index (χ3n) is 6.26. The molecule has 194 valence electrons. The van der Waals surface area contributed by atoms with E-state index in [2.05, 4.69) is 39.2 Å². The minimum Gasteiger partial charge on any atom is -0.497 e. The lowest BCUT2D eigenvalue weighted by Gasteiger charge is -2.38. The van der Waals surface area contributed by atoms with Crippen LogP contribution in [-0.2, 0) is 15.8 Å². The fourth-order valence-corrected chi connectivity index (χ4v) is 4.02. The summed E-state index contributed by atoms with van der Waals surface area (Å²) in [6.45, 7) is 15.4. The SMILES string of the molecule is [2H][C@@](CO[Si](C)(C)C(C)(C)C)(NC(=O)C(C)(C)C)c1cc(F)cc(Cl)c1COc1ccc(OC)cc1. The number of nitrogens with one attached hydrogen (secondary N) is 1. The van der Waals surface area contributed by atoms with Gasteiger partial charge in [-0.2, -0.15) is 0 Å². The van der Waals surface area contributed by atoms with Crippen LogP contribution in [0, 0.1) is 11.2 Å². The molecule has 0 radical (unpaired) electrons. The third kappa shape index (κ3) is 7.95. The van der Waals surface area contributed by atoms with Gasteiger partial charge in [0.1, 0.15) is 23.9 Å². The Balaban J connectivity index is 2.52. The number of ether oxygens (including phenoxy) is 2. The van der Waals surface area contributed by atoms with Crippen LogP contribution in [0.3, 0.4) is 0 Å². The minimum absolute atomic E-state index is 0.0348. The number of methoxy groups -OCH3 is 1. The van der Waals surface area contributed by atoms with Crippen molar-refractivity contribution in [2.45, 2.75) is 72.3 Å². The van der Waals surface area contributed by atoms with Gasteiger partial charge in [-0.05, 0) is 60.1 Å². The van der Waals surface area contributed by atoms with Crippen molar-refractivity contribution >= 4 is 25.8 Å². The summed E-state index contributed by atoms with van der Waals surface area (Å²) in [7, 11) is -0.735. The van der Waals surface area contributed by atoms with Gasteiger partial charge in [0.25, 0.3) is 0 Å². The van der Waals surface area contributed by atoms with Crippen molar-refractivity contribution in [2.24, 2.45) is 5.41 Å². The second kappa shape index (κ2) is 11.3. The van der Waals surface area contributed by atoms with E-state index >= 15 is 0 Å². The number of benzene rings is 2. The van der Waals surface area contributed by atoms with Gasteiger partial charge in [-0.15, -0.1) is 0 Å². The molecule has 0 unspecified atom stereocenters. The predicted molar refractivity (Wildman–Crippen MR) is 142 cm³/mol. The largest absolute Gasteiger partial charge is 0.497 e. The fraction of sp³-hybridized carbons (Fsp3) is 0.519. The molecule has 0 aliphatic rings. The quantitative estimate of drug-likeness (QED) is 0.350. The van der Waals surface area contributed by atoms with Crippen molar-refractivity contribution < 1.29 is 24.5 Å². The molecule has 1 atom stereocenters. The Kier molecular flexibility index (Phi) is 8.89. The summed E-state index contributed by atoms with van der Waals surface area (Å²) in [4.78, 5) is 13.1. The summed E-state index contributed by atoms with van der Waals surface area (Å²) in [6, 6.07) is 7.60. The highest BCUT2D eigenvalue weighted by Crippen LogP contribution is 2.38. The van der Waals surface area contributed by atoms with Gasteiger partial charge in [-0.25, -0.2) is 4.39 Å². The summed E-state index contributed by atoms with van der Waals surface area (Å²) >= 11 is 6.48. The lowest BCUT2D eigenvalue weighted by molar-refractivity contribution is -0.129. The first kappa shape index (κ1) is 27.5. The van der Waals surface area contributed by atoms with Crippen LogP contribution in [0.1, 0.15) is 60.1 Å². The maximum atomic E-state index is 14.7. The first-order valence-electron chi connectivity index (χ1n) is 12.1. The second-order valence-electron chi connectivity index (χ2n) is 11.1. The van der Waals surface area contributed by atoms with E-state index in [0.29, 0.717) is 17.1 Å². The molecular formula is C27H39ClFNO4Si. The molecule has 1 amide bonds. The van der Waals surface area contributed by atoms with Gasteiger partial charge in [0.15, 0.2) is 8.32 Å². The van der Waals surface area contributed by atoms with Crippen LogP contribution in [0.4, 0.5) is 4.39 Å². The molecule has 0 saturated heterocycles. The van der Waals surface area contributed by atoms with Crippen LogP contribution >= 0.6 is 11.6 Å². The van der Waals surface area contributed by atoms with E-state index in [9.17, 15) is 10.6 Å². The number of halogens is 2. The van der Waals surface area contributed by atoms with Crippen LogP contribution in [0.5, 0.6) is 11.5 Å². The molecule has 5 nitrogen and oxygen atoms in total. The maximum Gasteiger partial charge on any atom is 0.225 e. The topological polar surface area (TPSA) is 56.8 Å². The zero-order chi connectivity index (χ0) is 27.5. The summed E-state index contributed by atoms with van der Waals surface area (Å²) in [5.74, 6) is 0.255. The minimum atomic E-state index is -2.31. The Labute approximate surface area is 216 Å². The van der Waals surface area contributed by atoms with Crippen molar-refractivity contribution in [1.82, 2.24) is 5.32 Å². The van der Waals surface area contributed by atoms with E-state index in [-0.39, 0.29) is 34.7 Å². The highest BCUT2D eigenvalue weighted by atomic mass is 35.5. The normalized spacial score (nSPS) is 14.7. The number of carbonyl (C=O) groups excluding carboxylic acids is 1. The van der Waals surface area contributed by atoms with Crippen LogP contribution in [0.25, 0.3) is 0 Å². The number of rotatable bonds is 9. The van der Waals surface area contributed by atoms with Crippen molar-refractivity contribution in [3.05, 3.63) is 58.4 Å². The number of hydrogen-bond donors (Lipinski definition) is 1. The molecule has 2 rings (SSSR count). The molecule has 2 aromatic rings. The second-order valence-corrected chi connectivity index (χ2v) is 16.3. The molecule has 8 heteroatoms. The monoisotopic (exact) mass is 524 g/mol. The first-order valence-corrected chi connectivity index (χ1v) is 14.9.